The molecule has 0 aliphatic heterocycles. The minimum atomic E-state index is -1.56. The van der Waals surface area contributed by atoms with E-state index in [2.05, 4.69) is 15.3 Å². The molecule has 1 atom stereocenters. The zero-order chi connectivity index (χ0) is 20.8. The molecule has 1 N–H and O–H groups in total. The van der Waals surface area contributed by atoms with Gasteiger partial charge in [-0.3, -0.25) is 14.0 Å². The molecule has 2 heterocycles. The van der Waals surface area contributed by atoms with Crippen molar-refractivity contribution in [1.29, 1.82) is 0 Å². The second kappa shape index (κ2) is 9.29. The number of carbonyl (C=O) groups excluding carboxylic acids is 1. The first kappa shape index (κ1) is 20.5. The lowest BCUT2D eigenvalue weighted by Gasteiger charge is -2.12. The number of anilines is 1. The number of aryl methyl sites for hydroxylation is 1. The Labute approximate surface area is 171 Å². The number of nitrogens with one attached hydrogen (secondary N) is 1. The molecule has 150 valence electrons. The van der Waals surface area contributed by atoms with E-state index >= 15 is 0 Å². The van der Waals surface area contributed by atoms with Crippen LogP contribution in [0.15, 0.2) is 60.0 Å². The summed E-state index contributed by atoms with van der Waals surface area (Å²) >= 11 is 0. The minimum Gasteiger partial charge on any atom is -0.497 e. The first-order valence-electron chi connectivity index (χ1n) is 8.79. The summed E-state index contributed by atoms with van der Waals surface area (Å²) < 4.78 is 23.6. The van der Waals surface area contributed by atoms with E-state index in [0.717, 1.165) is 11.1 Å². The molecular formula is C21H21N3O4S. The third-order valence-corrected chi connectivity index (χ3v) is 5.61. The molecule has 0 spiro atoms. The highest BCUT2D eigenvalue weighted by atomic mass is 32.2. The van der Waals surface area contributed by atoms with Gasteiger partial charge in [-0.25, -0.2) is 4.98 Å². The predicted octanol–water partition coefficient (Wildman–Crippen LogP) is 3.36. The molecule has 7 nitrogen and oxygen atoms in total. The Bertz CT molecular complexity index is 1060. The van der Waals surface area contributed by atoms with E-state index < -0.39 is 10.8 Å². The maximum absolute atomic E-state index is 13.1. The van der Waals surface area contributed by atoms with Crippen LogP contribution in [0.1, 0.15) is 21.5 Å². The van der Waals surface area contributed by atoms with E-state index in [4.69, 9.17) is 9.47 Å². The molecule has 1 amide bonds. The van der Waals surface area contributed by atoms with Crippen LogP contribution < -0.4 is 14.8 Å². The van der Waals surface area contributed by atoms with Crippen LogP contribution >= 0.6 is 0 Å². The Kier molecular flexibility index (Phi) is 6.56. The van der Waals surface area contributed by atoms with Gasteiger partial charge in [-0.15, -0.1) is 0 Å². The Balaban J connectivity index is 1.86. The van der Waals surface area contributed by atoms with Crippen molar-refractivity contribution in [2.24, 2.45) is 0 Å². The van der Waals surface area contributed by atoms with Crippen LogP contribution in [0.4, 0.5) is 5.69 Å². The van der Waals surface area contributed by atoms with Crippen molar-refractivity contribution < 1.29 is 18.5 Å². The molecule has 0 saturated carbocycles. The number of rotatable bonds is 7. The van der Waals surface area contributed by atoms with Gasteiger partial charge in [0.2, 0.25) is 0 Å². The molecule has 0 aliphatic carbocycles. The average molecular weight is 411 g/mol. The van der Waals surface area contributed by atoms with Crippen molar-refractivity contribution in [3.8, 4) is 11.5 Å². The fraction of sp³-hybridized carbons (Fsp3) is 0.190. The summed E-state index contributed by atoms with van der Waals surface area (Å²) in [4.78, 5) is 21.0. The summed E-state index contributed by atoms with van der Waals surface area (Å²) in [7, 11) is 1.55. The summed E-state index contributed by atoms with van der Waals surface area (Å²) in [6, 6.07) is 10.2. The summed E-state index contributed by atoms with van der Waals surface area (Å²) in [6.07, 6.45) is 4.78. The van der Waals surface area contributed by atoms with Crippen LogP contribution in [0, 0.1) is 6.92 Å². The van der Waals surface area contributed by atoms with Gasteiger partial charge in [0, 0.05) is 35.9 Å². The summed E-state index contributed by atoms with van der Waals surface area (Å²) in [6.45, 7) is 1.85. The fourth-order valence-electron chi connectivity index (χ4n) is 2.73. The summed E-state index contributed by atoms with van der Waals surface area (Å²) in [5, 5.41) is 3.05. The van der Waals surface area contributed by atoms with Crippen LogP contribution in [0.5, 0.6) is 11.5 Å². The Hall–Kier alpha value is -3.26. The summed E-state index contributed by atoms with van der Waals surface area (Å²) in [5.41, 5.74) is 2.46. The van der Waals surface area contributed by atoms with Gasteiger partial charge in [0.1, 0.15) is 16.5 Å². The van der Waals surface area contributed by atoms with Crippen molar-refractivity contribution in [3.05, 3.63) is 71.7 Å². The second-order valence-electron chi connectivity index (χ2n) is 6.17. The molecule has 2 aromatic heterocycles. The zero-order valence-electron chi connectivity index (χ0n) is 16.3. The number of amides is 1. The van der Waals surface area contributed by atoms with Crippen molar-refractivity contribution in [2.45, 2.75) is 17.7 Å². The highest BCUT2D eigenvalue weighted by molar-refractivity contribution is 7.84. The van der Waals surface area contributed by atoms with Crippen molar-refractivity contribution in [1.82, 2.24) is 9.97 Å². The molecule has 3 aromatic rings. The average Bonchev–Trinajstić information content (AvgIpc) is 2.75. The van der Waals surface area contributed by atoms with Gasteiger partial charge in [-0.2, -0.15) is 0 Å². The first-order chi connectivity index (χ1) is 14.0. The maximum atomic E-state index is 13.1. The number of aromatic nitrogens is 2. The zero-order valence-corrected chi connectivity index (χ0v) is 17.2. The van der Waals surface area contributed by atoms with Gasteiger partial charge in [-0.05, 0) is 36.8 Å². The Morgan fingerprint density at radius 2 is 1.97 bits per heavy atom. The molecule has 0 radical (unpaired) electrons. The molecule has 1 unspecified atom stereocenters. The second-order valence-corrected chi connectivity index (χ2v) is 7.53. The molecule has 3 rings (SSSR count). The van der Waals surface area contributed by atoms with E-state index in [1.54, 1.807) is 55.9 Å². The number of methoxy groups -OCH3 is 2. The molecule has 1 aromatic carbocycles. The Morgan fingerprint density at radius 3 is 2.69 bits per heavy atom. The maximum Gasteiger partial charge on any atom is 0.258 e. The van der Waals surface area contributed by atoms with Gasteiger partial charge in [0.15, 0.2) is 0 Å². The number of hydrogen-bond acceptors (Lipinski definition) is 6. The van der Waals surface area contributed by atoms with Gasteiger partial charge < -0.3 is 14.8 Å². The van der Waals surface area contributed by atoms with Crippen LogP contribution in [-0.2, 0) is 16.6 Å². The van der Waals surface area contributed by atoms with E-state index in [-0.39, 0.29) is 22.2 Å². The normalized spacial score (nSPS) is 11.6. The summed E-state index contributed by atoms with van der Waals surface area (Å²) in [5.74, 6) is 0.977. The number of pyridine rings is 2. The monoisotopic (exact) mass is 411 g/mol. The van der Waals surface area contributed by atoms with E-state index in [1.807, 2.05) is 6.92 Å². The number of carbonyl (C=O) groups is 1. The van der Waals surface area contributed by atoms with Gasteiger partial charge in [-0.1, -0.05) is 6.07 Å². The SMILES string of the molecule is COc1ccc(CS(=O)c2ncccc2C(=O)Nc2ccncc2C)c(OC)c1. The van der Waals surface area contributed by atoms with Gasteiger partial charge in [0.05, 0.1) is 36.3 Å². The topological polar surface area (TPSA) is 90.4 Å². The van der Waals surface area contributed by atoms with Crippen LogP contribution in [0.25, 0.3) is 0 Å². The lowest BCUT2D eigenvalue weighted by molar-refractivity contribution is 0.102. The first-order valence-corrected chi connectivity index (χ1v) is 10.1. The molecular weight excluding hydrogens is 390 g/mol. The fourth-order valence-corrected chi connectivity index (χ4v) is 3.97. The van der Waals surface area contributed by atoms with Crippen molar-refractivity contribution >= 4 is 22.4 Å². The van der Waals surface area contributed by atoms with Crippen LogP contribution in [0.2, 0.25) is 0 Å². The van der Waals surface area contributed by atoms with Crippen molar-refractivity contribution in [2.75, 3.05) is 19.5 Å². The molecule has 8 heteroatoms. The molecule has 0 saturated heterocycles. The standard InChI is InChI=1S/C21H21N3O4S/c1-14-12-22-10-8-18(14)24-20(25)17-5-4-9-23-21(17)29(26)13-15-6-7-16(27-2)11-19(15)28-3/h4-12H,13H2,1-3H3,(H,22,24,25). The number of ether oxygens (including phenoxy) is 2. The number of nitrogens with zero attached hydrogens (tertiary/aromatic N) is 2. The number of hydrogen-bond donors (Lipinski definition) is 1. The molecule has 29 heavy (non-hydrogen) atoms. The predicted molar refractivity (Wildman–Crippen MR) is 111 cm³/mol. The highest BCUT2D eigenvalue weighted by Crippen LogP contribution is 2.27. The number of benzene rings is 1. The highest BCUT2D eigenvalue weighted by Gasteiger charge is 2.19. The lowest BCUT2D eigenvalue weighted by Crippen LogP contribution is -2.17. The molecule has 0 fully saturated rings. The smallest absolute Gasteiger partial charge is 0.258 e. The quantitative estimate of drug-likeness (QED) is 0.641. The molecule has 0 aliphatic rings. The third-order valence-electron chi connectivity index (χ3n) is 4.28. The van der Waals surface area contributed by atoms with Crippen LogP contribution in [0.3, 0.4) is 0 Å². The largest absolute Gasteiger partial charge is 0.497 e. The van der Waals surface area contributed by atoms with Gasteiger partial charge in [0.25, 0.3) is 5.91 Å². The van der Waals surface area contributed by atoms with E-state index in [1.165, 1.54) is 13.3 Å². The minimum absolute atomic E-state index is 0.152. The lowest BCUT2D eigenvalue weighted by atomic mass is 10.2. The van der Waals surface area contributed by atoms with Crippen molar-refractivity contribution in [3.63, 3.8) is 0 Å². The van der Waals surface area contributed by atoms with E-state index in [9.17, 15) is 9.00 Å². The Morgan fingerprint density at radius 1 is 1.14 bits per heavy atom. The molecule has 0 bridgehead atoms. The third kappa shape index (κ3) is 4.78. The van der Waals surface area contributed by atoms with Crippen LogP contribution in [-0.4, -0.2) is 34.3 Å². The van der Waals surface area contributed by atoms with E-state index in [0.29, 0.717) is 17.2 Å². The van der Waals surface area contributed by atoms with Gasteiger partial charge >= 0.3 is 0 Å².